The summed E-state index contributed by atoms with van der Waals surface area (Å²) in [5.74, 6) is -1.83. The quantitative estimate of drug-likeness (QED) is 0.372. The molecule has 3 rings (SSSR count). The first kappa shape index (κ1) is 22.9. The second kappa shape index (κ2) is 9.15. The van der Waals surface area contributed by atoms with Gasteiger partial charge in [-0.25, -0.2) is 8.42 Å². The predicted molar refractivity (Wildman–Crippen MR) is 109 cm³/mol. The predicted octanol–water partition coefficient (Wildman–Crippen LogP) is 0.203. The first-order valence-corrected chi connectivity index (χ1v) is 11.6. The van der Waals surface area contributed by atoms with Crippen LogP contribution >= 0.6 is 0 Å². The van der Waals surface area contributed by atoms with Gasteiger partial charge in [-0.1, -0.05) is 6.08 Å². The molecule has 11 heteroatoms. The third kappa shape index (κ3) is 4.77. The lowest BCUT2D eigenvalue weighted by Gasteiger charge is -2.31. The molecule has 31 heavy (non-hydrogen) atoms. The molecule has 2 atom stereocenters. The lowest BCUT2D eigenvalue weighted by Crippen LogP contribution is -2.49. The van der Waals surface area contributed by atoms with E-state index in [1.54, 1.807) is 6.92 Å². The number of carbonyl (C=O) groups excluding carboxylic acids is 3. The molecule has 1 aliphatic heterocycles. The van der Waals surface area contributed by atoms with Crippen molar-refractivity contribution >= 4 is 27.6 Å². The van der Waals surface area contributed by atoms with Gasteiger partial charge in [-0.05, 0) is 45.1 Å². The molecule has 1 aliphatic carbocycles. The minimum atomic E-state index is -4.23. The molecule has 0 saturated carbocycles. The molecule has 1 fully saturated rings. The summed E-state index contributed by atoms with van der Waals surface area (Å²) < 4.78 is 27.5. The minimum Gasteiger partial charge on any atom is -0.618 e. The van der Waals surface area contributed by atoms with Gasteiger partial charge < -0.3 is 15.8 Å². The van der Waals surface area contributed by atoms with Gasteiger partial charge in [0.1, 0.15) is 6.42 Å². The van der Waals surface area contributed by atoms with Gasteiger partial charge in [0.25, 0.3) is 0 Å². The van der Waals surface area contributed by atoms with Crippen LogP contribution < -0.4 is 10.5 Å². The van der Waals surface area contributed by atoms with Gasteiger partial charge >= 0.3 is 15.0 Å². The number of rotatable bonds is 6. The van der Waals surface area contributed by atoms with Crippen molar-refractivity contribution in [2.45, 2.75) is 62.6 Å². The summed E-state index contributed by atoms with van der Waals surface area (Å²) in [6.07, 6.45) is 5.12. The highest BCUT2D eigenvalue weighted by Crippen LogP contribution is 2.30. The van der Waals surface area contributed by atoms with Crippen molar-refractivity contribution in [3.63, 3.8) is 0 Å². The molecule has 2 amide bonds. The van der Waals surface area contributed by atoms with E-state index in [4.69, 9.17) is 5.73 Å². The van der Waals surface area contributed by atoms with Crippen LogP contribution in [-0.4, -0.2) is 53.8 Å². The van der Waals surface area contributed by atoms with E-state index >= 15 is 0 Å². The highest BCUT2D eigenvalue weighted by molar-refractivity contribution is 7.89. The molecule has 1 aromatic rings. The van der Waals surface area contributed by atoms with Crippen molar-refractivity contribution in [3.05, 3.63) is 41.4 Å². The summed E-state index contributed by atoms with van der Waals surface area (Å²) in [4.78, 5) is 38.6. The Hall–Kier alpha value is -2.79. The van der Waals surface area contributed by atoms with Crippen LogP contribution in [-0.2, 0) is 24.4 Å². The van der Waals surface area contributed by atoms with Crippen LogP contribution in [0.4, 0.5) is 0 Å². The van der Waals surface area contributed by atoms with E-state index in [9.17, 15) is 28.0 Å². The molecule has 168 valence electrons. The van der Waals surface area contributed by atoms with Gasteiger partial charge in [-0.2, -0.15) is 9.04 Å². The SMILES string of the molecule is C[C@@H]1CC[C@H](N(C(=O)CC(N)=O)C2=CCCC2)C(=O)CN1S(=O)(=O)c1cccc[n+]1[O-]. The zero-order chi connectivity index (χ0) is 22.8. The Morgan fingerprint density at radius 3 is 2.68 bits per heavy atom. The fourth-order valence-corrected chi connectivity index (χ4v) is 5.74. The van der Waals surface area contributed by atoms with Crippen molar-refractivity contribution in [1.29, 1.82) is 0 Å². The van der Waals surface area contributed by atoms with Gasteiger partial charge in [0.2, 0.25) is 11.8 Å². The Labute approximate surface area is 180 Å². The Bertz CT molecular complexity index is 1020. The molecular formula is C20H26N4O6S. The maximum Gasteiger partial charge on any atom is 0.323 e. The van der Waals surface area contributed by atoms with Crippen molar-refractivity contribution in [1.82, 2.24) is 9.21 Å². The fraction of sp³-hybridized carbons (Fsp3) is 0.500. The number of nitrogens with zero attached hydrogens (tertiary/aromatic N) is 3. The number of primary amides is 1. The van der Waals surface area contributed by atoms with E-state index in [1.165, 1.54) is 23.1 Å². The summed E-state index contributed by atoms with van der Waals surface area (Å²) in [5, 5.41) is 11.6. The molecule has 10 nitrogen and oxygen atoms in total. The molecule has 0 unspecified atom stereocenters. The highest BCUT2D eigenvalue weighted by Gasteiger charge is 2.42. The summed E-state index contributed by atoms with van der Waals surface area (Å²) in [7, 11) is -4.23. The zero-order valence-corrected chi connectivity index (χ0v) is 18.1. The number of Topliss-reactive ketones (excluding diaryl/α,β-unsaturated/α-hetero) is 1. The van der Waals surface area contributed by atoms with E-state index in [2.05, 4.69) is 0 Å². The number of pyridine rings is 1. The van der Waals surface area contributed by atoms with E-state index in [0.29, 0.717) is 18.5 Å². The number of aromatic nitrogens is 1. The van der Waals surface area contributed by atoms with Gasteiger partial charge in [0.15, 0.2) is 12.0 Å². The second-order valence-corrected chi connectivity index (χ2v) is 9.66. The molecule has 0 radical (unpaired) electrons. The number of hydrogen-bond acceptors (Lipinski definition) is 6. The molecule has 0 bridgehead atoms. The Kier molecular flexibility index (Phi) is 6.75. The lowest BCUT2D eigenvalue weighted by atomic mass is 10.0. The summed E-state index contributed by atoms with van der Waals surface area (Å²) in [6.45, 7) is 1.19. The average Bonchev–Trinajstić information content (AvgIpc) is 3.17. The molecule has 1 aromatic heterocycles. The molecule has 2 aliphatic rings. The van der Waals surface area contributed by atoms with Crippen LogP contribution in [0.3, 0.4) is 0 Å². The molecule has 1 saturated heterocycles. The van der Waals surface area contributed by atoms with Crippen LogP contribution in [0.1, 0.15) is 45.4 Å². The summed E-state index contributed by atoms with van der Waals surface area (Å²) in [6, 6.07) is 2.58. The largest absolute Gasteiger partial charge is 0.618 e. The van der Waals surface area contributed by atoms with E-state index in [0.717, 1.165) is 23.3 Å². The van der Waals surface area contributed by atoms with E-state index in [-0.39, 0.29) is 11.2 Å². The molecule has 0 aromatic carbocycles. The summed E-state index contributed by atoms with van der Waals surface area (Å²) in [5.41, 5.74) is 5.86. The molecule has 2 heterocycles. The van der Waals surface area contributed by atoms with Gasteiger partial charge in [0.05, 0.1) is 12.6 Å². The van der Waals surface area contributed by atoms with Gasteiger partial charge in [-0.15, -0.1) is 0 Å². The van der Waals surface area contributed by atoms with Gasteiger partial charge in [0, 0.05) is 23.9 Å². The summed E-state index contributed by atoms with van der Waals surface area (Å²) >= 11 is 0. The maximum absolute atomic E-state index is 13.2. The smallest absolute Gasteiger partial charge is 0.323 e. The number of carbonyl (C=O) groups is 3. The Balaban J connectivity index is 1.92. The topological polar surface area (TPSA) is 145 Å². The van der Waals surface area contributed by atoms with Crippen LogP contribution in [0.2, 0.25) is 0 Å². The number of nitrogens with two attached hydrogens (primary N) is 1. The van der Waals surface area contributed by atoms with Gasteiger partial charge in [-0.3, -0.25) is 14.4 Å². The lowest BCUT2D eigenvalue weighted by molar-refractivity contribution is -0.646. The van der Waals surface area contributed by atoms with Crippen molar-refractivity contribution in [2.24, 2.45) is 5.73 Å². The maximum atomic E-state index is 13.2. The number of sulfonamides is 1. The minimum absolute atomic E-state index is 0.236. The standard InChI is InChI=1S/C20H26N4O6S/c1-14-9-10-16(24(15-6-2-3-7-15)19(27)12-18(21)26)17(25)13-23(14)31(29,30)20-8-4-5-11-22(20)28/h4-6,8,11,14,16H,2-3,7,9-10,12-13H2,1H3,(H2,21,26)/t14-,16+/m1/s1. The van der Waals surface area contributed by atoms with Crippen LogP contribution in [0, 0.1) is 5.21 Å². The first-order chi connectivity index (χ1) is 14.6. The number of ketones is 1. The van der Waals surface area contributed by atoms with Crippen LogP contribution in [0.5, 0.6) is 0 Å². The normalized spacial score (nSPS) is 22.6. The number of hydrogen-bond donors (Lipinski definition) is 1. The molecule has 2 N–H and O–H groups in total. The number of allylic oxidation sites excluding steroid dienone is 2. The van der Waals surface area contributed by atoms with Crippen molar-refractivity contribution < 1.29 is 27.5 Å². The Morgan fingerprint density at radius 2 is 2.06 bits per heavy atom. The first-order valence-electron chi connectivity index (χ1n) is 10.1. The van der Waals surface area contributed by atoms with Crippen LogP contribution in [0.25, 0.3) is 0 Å². The average molecular weight is 451 g/mol. The number of amides is 2. The Morgan fingerprint density at radius 1 is 1.32 bits per heavy atom. The highest BCUT2D eigenvalue weighted by atomic mass is 32.2. The fourth-order valence-electron chi connectivity index (χ4n) is 4.09. The monoisotopic (exact) mass is 450 g/mol. The third-order valence-corrected chi connectivity index (χ3v) is 7.58. The van der Waals surface area contributed by atoms with Crippen molar-refractivity contribution in [2.75, 3.05) is 6.54 Å². The van der Waals surface area contributed by atoms with Crippen molar-refractivity contribution in [3.8, 4) is 0 Å². The third-order valence-electron chi connectivity index (χ3n) is 5.63. The molecule has 0 spiro atoms. The van der Waals surface area contributed by atoms with E-state index < -0.39 is 57.7 Å². The second-order valence-electron chi connectivity index (χ2n) is 7.82. The molecular weight excluding hydrogens is 424 g/mol. The van der Waals surface area contributed by atoms with E-state index in [1.807, 2.05) is 6.08 Å². The zero-order valence-electron chi connectivity index (χ0n) is 17.3. The van der Waals surface area contributed by atoms with Crippen LogP contribution in [0.15, 0.2) is 41.2 Å².